The Morgan fingerprint density at radius 3 is 2.36 bits per heavy atom. The molecular formula is C19H18Cl2O4. The lowest BCUT2D eigenvalue weighted by atomic mass is 10.00. The number of carboxylic acids is 1. The zero-order chi connectivity index (χ0) is 18.4. The number of benzene rings is 2. The number of ether oxygens (including phenoxy) is 2. The van der Waals surface area contributed by atoms with Crippen LogP contribution in [0.4, 0.5) is 0 Å². The van der Waals surface area contributed by atoms with Gasteiger partial charge in [0.2, 0.25) is 0 Å². The van der Waals surface area contributed by atoms with Crippen molar-refractivity contribution in [1.29, 1.82) is 0 Å². The number of rotatable bonds is 7. The molecule has 132 valence electrons. The fourth-order valence-electron chi connectivity index (χ4n) is 2.37. The maximum atomic E-state index is 11.4. The summed E-state index contributed by atoms with van der Waals surface area (Å²) < 4.78 is 11.1. The molecular weight excluding hydrogens is 363 g/mol. The lowest BCUT2D eigenvalue weighted by molar-refractivity contribution is -0.130. The minimum Gasteiger partial charge on any atom is -0.491 e. The van der Waals surface area contributed by atoms with Gasteiger partial charge in [0.05, 0.1) is 22.2 Å². The van der Waals surface area contributed by atoms with Gasteiger partial charge < -0.3 is 14.6 Å². The molecule has 6 heteroatoms. The molecule has 2 rings (SSSR count). The first-order chi connectivity index (χ1) is 12.0. The van der Waals surface area contributed by atoms with Gasteiger partial charge in [-0.3, -0.25) is 0 Å². The van der Waals surface area contributed by atoms with Crippen LogP contribution >= 0.6 is 23.2 Å². The Labute approximate surface area is 156 Å². The summed E-state index contributed by atoms with van der Waals surface area (Å²) in [6, 6.07) is 10.4. The molecule has 0 amide bonds. The second kappa shape index (κ2) is 8.79. The van der Waals surface area contributed by atoms with Crippen molar-refractivity contribution in [2.24, 2.45) is 0 Å². The van der Waals surface area contributed by atoms with Crippen LogP contribution in [0, 0.1) is 0 Å². The molecule has 0 fully saturated rings. The van der Waals surface area contributed by atoms with Crippen molar-refractivity contribution in [3.8, 4) is 11.5 Å². The van der Waals surface area contributed by atoms with Gasteiger partial charge in [-0.25, -0.2) is 4.79 Å². The van der Waals surface area contributed by atoms with Crippen molar-refractivity contribution < 1.29 is 19.4 Å². The summed E-state index contributed by atoms with van der Waals surface area (Å²) >= 11 is 12.3. The number of halogens is 2. The van der Waals surface area contributed by atoms with Gasteiger partial charge in [0.15, 0.2) is 5.75 Å². The molecule has 0 aromatic heterocycles. The molecule has 4 nitrogen and oxygen atoms in total. The molecule has 0 radical (unpaired) electrons. The molecule has 0 aliphatic heterocycles. The molecule has 0 aliphatic rings. The largest absolute Gasteiger partial charge is 0.491 e. The Morgan fingerprint density at radius 1 is 1.16 bits per heavy atom. The number of carbonyl (C=O) groups is 1. The highest BCUT2D eigenvalue weighted by molar-refractivity contribution is 6.37. The zero-order valence-corrected chi connectivity index (χ0v) is 15.4. The number of hydrogen-bond acceptors (Lipinski definition) is 3. The Bertz CT molecular complexity index is 777. The van der Waals surface area contributed by atoms with E-state index in [0.29, 0.717) is 33.7 Å². The van der Waals surface area contributed by atoms with E-state index in [9.17, 15) is 9.90 Å². The number of carboxylic acid groups (broad SMARTS) is 1. The summed E-state index contributed by atoms with van der Waals surface area (Å²) in [5.74, 6) is -0.0895. The molecule has 0 spiro atoms. The normalized spacial score (nSPS) is 11.3. The van der Waals surface area contributed by atoms with E-state index in [1.165, 1.54) is 0 Å². The summed E-state index contributed by atoms with van der Waals surface area (Å²) in [5.41, 5.74) is 1.58. The van der Waals surface area contributed by atoms with E-state index in [0.717, 1.165) is 5.56 Å². The highest BCUT2D eigenvalue weighted by Gasteiger charge is 2.14. The van der Waals surface area contributed by atoms with Gasteiger partial charge in [0, 0.05) is 12.1 Å². The highest BCUT2D eigenvalue weighted by atomic mass is 35.5. The molecule has 0 unspecified atom stereocenters. The second-order valence-electron chi connectivity index (χ2n) is 5.10. The fourth-order valence-corrected chi connectivity index (χ4v) is 2.94. The minimum absolute atomic E-state index is 0.182. The monoisotopic (exact) mass is 380 g/mol. The fraction of sp³-hybridized carbons (Fsp3) is 0.211. The Kier molecular flexibility index (Phi) is 6.73. The van der Waals surface area contributed by atoms with Crippen LogP contribution in [0.5, 0.6) is 11.5 Å². The summed E-state index contributed by atoms with van der Waals surface area (Å²) in [4.78, 5) is 11.4. The molecule has 0 atom stereocenters. The van der Waals surface area contributed by atoms with Crippen LogP contribution in [0.2, 0.25) is 10.0 Å². The van der Waals surface area contributed by atoms with Crippen LogP contribution in [0.3, 0.4) is 0 Å². The van der Waals surface area contributed by atoms with E-state index in [1.54, 1.807) is 37.3 Å². The maximum Gasteiger partial charge on any atom is 0.335 e. The van der Waals surface area contributed by atoms with E-state index in [-0.39, 0.29) is 12.2 Å². The van der Waals surface area contributed by atoms with Crippen molar-refractivity contribution >= 4 is 34.7 Å². The zero-order valence-electron chi connectivity index (χ0n) is 13.9. The van der Waals surface area contributed by atoms with E-state index in [4.69, 9.17) is 32.7 Å². The van der Waals surface area contributed by atoms with Crippen LogP contribution in [0.1, 0.15) is 25.0 Å². The molecule has 2 aromatic carbocycles. The van der Waals surface area contributed by atoms with Crippen molar-refractivity contribution in [1.82, 2.24) is 0 Å². The van der Waals surface area contributed by atoms with Gasteiger partial charge in [-0.1, -0.05) is 53.5 Å². The lowest BCUT2D eigenvalue weighted by Crippen LogP contribution is -2.05. The quantitative estimate of drug-likeness (QED) is 0.647. The van der Waals surface area contributed by atoms with E-state index in [2.05, 4.69) is 0 Å². The van der Waals surface area contributed by atoms with Crippen LogP contribution in [0.25, 0.3) is 5.57 Å². The van der Waals surface area contributed by atoms with Crippen LogP contribution in [0.15, 0.2) is 42.5 Å². The second-order valence-corrected chi connectivity index (χ2v) is 5.92. The first-order valence-corrected chi connectivity index (χ1v) is 8.46. The van der Waals surface area contributed by atoms with Crippen molar-refractivity contribution in [3.05, 3.63) is 63.6 Å². The Balaban J connectivity index is 2.24. The molecule has 2 aromatic rings. The third-order valence-corrected chi connectivity index (χ3v) is 4.04. The first-order valence-electron chi connectivity index (χ1n) is 7.70. The highest BCUT2D eigenvalue weighted by Crippen LogP contribution is 2.37. The lowest BCUT2D eigenvalue weighted by Gasteiger charge is -2.14. The van der Waals surface area contributed by atoms with Gasteiger partial charge in [-0.15, -0.1) is 0 Å². The van der Waals surface area contributed by atoms with Crippen molar-refractivity contribution in [2.45, 2.75) is 20.5 Å². The van der Waals surface area contributed by atoms with Gasteiger partial charge in [-0.2, -0.15) is 0 Å². The minimum atomic E-state index is -0.984. The van der Waals surface area contributed by atoms with Gasteiger partial charge in [-0.05, 0) is 25.0 Å². The summed E-state index contributed by atoms with van der Waals surface area (Å²) in [6.07, 6.45) is 1.56. The standard InChI is InChI=1S/C19H18Cl2O4/c1-3-14(19(22)23)15-8-6-5-7-12(15)11-25-13-9-16(20)18(24-4-2)17(21)10-13/h3,5-10H,4,11H2,1-2H3,(H,22,23)/b14-3+. The summed E-state index contributed by atoms with van der Waals surface area (Å²) in [5, 5.41) is 10.0. The van der Waals surface area contributed by atoms with E-state index < -0.39 is 5.97 Å². The summed E-state index contributed by atoms with van der Waals surface area (Å²) in [7, 11) is 0. The molecule has 25 heavy (non-hydrogen) atoms. The van der Waals surface area contributed by atoms with Gasteiger partial charge in [0.25, 0.3) is 0 Å². The smallest absolute Gasteiger partial charge is 0.335 e. The Morgan fingerprint density at radius 2 is 1.80 bits per heavy atom. The van der Waals surface area contributed by atoms with Crippen LogP contribution < -0.4 is 9.47 Å². The maximum absolute atomic E-state index is 11.4. The number of allylic oxidation sites excluding steroid dienone is 1. The van der Waals surface area contributed by atoms with Crippen molar-refractivity contribution in [3.63, 3.8) is 0 Å². The third-order valence-electron chi connectivity index (χ3n) is 3.48. The first kappa shape index (κ1) is 19.2. The number of aliphatic carboxylic acids is 1. The van der Waals surface area contributed by atoms with E-state index >= 15 is 0 Å². The number of hydrogen-bond donors (Lipinski definition) is 1. The molecule has 1 N–H and O–H groups in total. The average molecular weight is 381 g/mol. The predicted molar refractivity (Wildman–Crippen MR) is 99.7 cm³/mol. The Hall–Kier alpha value is -2.17. The van der Waals surface area contributed by atoms with E-state index in [1.807, 2.05) is 19.1 Å². The van der Waals surface area contributed by atoms with Crippen LogP contribution in [-0.2, 0) is 11.4 Å². The molecule has 0 aliphatic carbocycles. The third kappa shape index (κ3) is 4.68. The predicted octanol–water partition coefficient (Wildman–Crippen LogP) is 5.46. The van der Waals surface area contributed by atoms with Gasteiger partial charge >= 0.3 is 5.97 Å². The molecule has 0 saturated heterocycles. The van der Waals surface area contributed by atoms with Crippen molar-refractivity contribution in [2.75, 3.05) is 6.61 Å². The molecule has 0 bridgehead atoms. The SMILES string of the molecule is C/C=C(/C(=O)O)c1ccccc1COc1cc(Cl)c(OCC)c(Cl)c1. The average Bonchev–Trinajstić information content (AvgIpc) is 2.57. The van der Waals surface area contributed by atoms with Gasteiger partial charge in [0.1, 0.15) is 12.4 Å². The van der Waals surface area contributed by atoms with Crippen LogP contribution in [-0.4, -0.2) is 17.7 Å². The molecule has 0 heterocycles. The topological polar surface area (TPSA) is 55.8 Å². The summed E-state index contributed by atoms with van der Waals surface area (Å²) in [6.45, 7) is 4.16. The molecule has 0 saturated carbocycles.